The molecule has 2 N–H and O–H groups in total. The third kappa shape index (κ3) is 3.90. The molecule has 1 aliphatic rings. The lowest BCUT2D eigenvalue weighted by molar-refractivity contribution is 0.0796. The van der Waals surface area contributed by atoms with E-state index < -0.39 is 0 Å². The van der Waals surface area contributed by atoms with Crippen LogP contribution in [-0.4, -0.2) is 36.2 Å². The van der Waals surface area contributed by atoms with Gasteiger partial charge >= 0.3 is 0 Å². The highest BCUT2D eigenvalue weighted by Crippen LogP contribution is 2.18. The quantitative estimate of drug-likeness (QED) is 0.899. The molecule has 1 aromatic heterocycles. The van der Waals surface area contributed by atoms with Gasteiger partial charge in [0.05, 0.1) is 6.10 Å². The number of halogens is 1. The Labute approximate surface area is 106 Å². The first-order valence-corrected chi connectivity index (χ1v) is 6.06. The average Bonchev–Trinajstić information content (AvgIpc) is 2.77. The van der Waals surface area contributed by atoms with Crippen LogP contribution in [0.25, 0.3) is 0 Å². The average molecular weight is 264 g/mol. The molecule has 0 saturated carbocycles. The van der Waals surface area contributed by atoms with E-state index in [1.165, 1.54) is 17.7 Å². The van der Waals surface area contributed by atoms with Gasteiger partial charge in [-0.1, -0.05) is 0 Å². The van der Waals surface area contributed by atoms with Crippen molar-refractivity contribution in [2.45, 2.75) is 25.5 Å². The Kier molecular flexibility index (Phi) is 5.48. The Morgan fingerprint density at radius 1 is 1.69 bits per heavy atom. The fraction of sp³-hybridized carbons (Fsp3) is 0.700. The van der Waals surface area contributed by atoms with E-state index in [0.717, 1.165) is 19.7 Å². The summed E-state index contributed by atoms with van der Waals surface area (Å²) in [6.07, 6.45) is 4.66. The summed E-state index contributed by atoms with van der Waals surface area (Å²) in [6, 6.07) is 0. The standard InChI is InChI=1S/C10H17N3OS.ClH/c1-13(6-8-3-2-4-14-8)7-9-5-12-10(11)15-9;/h5,8H,2-4,6-7H2,1H3,(H2,11,12);1H. The first-order chi connectivity index (χ1) is 7.24. The van der Waals surface area contributed by atoms with Gasteiger partial charge in [0.25, 0.3) is 0 Å². The van der Waals surface area contributed by atoms with Gasteiger partial charge in [-0.15, -0.1) is 23.7 Å². The number of anilines is 1. The Bertz CT molecular complexity index is 315. The van der Waals surface area contributed by atoms with E-state index in [4.69, 9.17) is 10.5 Å². The smallest absolute Gasteiger partial charge is 0.180 e. The number of thiazole rings is 1. The number of ether oxygens (including phenoxy) is 1. The molecule has 1 unspecified atom stereocenters. The van der Waals surface area contributed by atoms with Crippen LogP contribution in [0.15, 0.2) is 6.20 Å². The molecule has 1 atom stereocenters. The van der Waals surface area contributed by atoms with Crippen molar-refractivity contribution in [2.24, 2.45) is 0 Å². The van der Waals surface area contributed by atoms with Gasteiger partial charge in [0.15, 0.2) is 5.13 Å². The molecule has 1 aromatic rings. The van der Waals surface area contributed by atoms with E-state index in [2.05, 4.69) is 16.9 Å². The van der Waals surface area contributed by atoms with E-state index in [-0.39, 0.29) is 12.4 Å². The lowest BCUT2D eigenvalue weighted by atomic mass is 10.2. The number of hydrogen-bond donors (Lipinski definition) is 1. The van der Waals surface area contributed by atoms with Crippen molar-refractivity contribution in [1.29, 1.82) is 0 Å². The summed E-state index contributed by atoms with van der Waals surface area (Å²) in [4.78, 5) is 7.52. The fourth-order valence-electron chi connectivity index (χ4n) is 1.86. The van der Waals surface area contributed by atoms with Crippen molar-refractivity contribution in [3.63, 3.8) is 0 Å². The molecule has 1 saturated heterocycles. The summed E-state index contributed by atoms with van der Waals surface area (Å²) < 4.78 is 5.59. The molecule has 1 fully saturated rings. The van der Waals surface area contributed by atoms with Crippen LogP contribution in [-0.2, 0) is 11.3 Å². The van der Waals surface area contributed by atoms with E-state index >= 15 is 0 Å². The molecule has 0 aromatic carbocycles. The van der Waals surface area contributed by atoms with Crippen molar-refractivity contribution < 1.29 is 4.74 Å². The van der Waals surface area contributed by atoms with Crippen LogP contribution in [0.4, 0.5) is 5.13 Å². The van der Waals surface area contributed by atoms with Gasteiger partial charge < -0.3 is 10.5 Å². The summed E-state index contributed by atoms with van der Waals surface area (Å²) >= 11 is 1.56. The highest BCUT2D eigenvalue weighted by Gasteiger charge is 2.17. The molecular weight excluding hydrogens is 246 g/mol. The van der Waals surface area contributed by atoms with Crippen molar-refractivity contribution in [1.82, 2.24) is 9.88 Å². The highest BCUT2D eigenvalue weighted by molar-refractivity contribution is 7.15. The van der Waals surface area contributed by atoms with Crippen molar-refractivity contribution >= 4 is 28.9 Å². The molecule has 4 nitrogen and oxygen atoms in total. The minimum atomic E-state index is 0. The lowest BCUT2D eigenvalue weighted by Gasteiger charge is -2.19. The van der Waals surface area contributed by atoms with E-state index in [1.807, 2.05) is 6.20 Å². The maximum absolute atomic E-state index is 5.59. The van der Waals surface area contributed by atoms with Gasteiger partial charge in [-0.3, -0.25) is 4.90 Å². The molecule has 2 rings (SSSR count). The Morgan fingerprint density at radius 3 is 3.06 bits per heavy atom. The van der Waals surface area contributed by atoms with Crippen molar-refractivity contribution in [3.05, 3.63) is 11.1 Å². The van der Waals surface area contributed by atoms with Crippen LogP contribution in [0, 0.1) is 0 Å². The Morgan fingerprint density at radius 2 is 2.50 bits per heavy atom. The second kappa shape index (κ2) is 6.39. The second-order valence-corrected chi connectivity index (χ2v) is 5.14. The summed E-state index contributed by atoms with van der Waals surface area (Å²) in [5.41, 5.74) is 5.58. The topological polar surface area (TPSA) is 51.4 Å². The molecule has 0 aliphatic carbocycles. The molecule has 16 heavy (non-hydrogen) atoms. The molecule has 0 spiro atoms. The molecule has 0 amide bonds. The minimum Gasteiger partial charge on any atom is -0.377 e. The van der Waals surface area contributed by atoms with Crippen LogP contribution in [0.2, 0.25) is 0 Å². The number of nitrogens with two attached hydrogens (primary N) is 1. The Hall–Kier alpha value is -0.360. The molecule has 1 aliphatic heterocycles. The molecule has 0 radical (unpaired) electrons. The van der Waals surface area contributed by atoms with Gasteiger partial charge in [-0.25, -0.2) is 4.98 Å². The van der Waals surface area contributed by atoms with E-state index in [1.54, 1.807) is 11.3 Å². The third-order valence-corrected chi connectivity index (χ3v) is 3.35. The molecule has 92 valence electrons. The zero-order chi connectivity index (χ0) is 10.7. The maximum atomic E-state index is 5.59. The number of hydrogen-bond acceptors (Lipinski definition) is 5. The number of nitrogen functional groups attached to an aromatic ring is 1. The van der Waals surface area contributed by atoms with Crippen LogP contribution >= 0.6 is 23.7 Å². The summed E-state index contributed by atoms with van der Waals surface area (Å²) in [7, 11) is 2.11. The number of nitrogens with zero attached hydrogens (tertiary/aromatic N) is 2. The largest absolute Gasteiger partial charge is 0.377 e. The van der Waals surface area contributed by atoms with Gasteiger partial charge in [-0.05, 0) is 19.9 Å². The maximum Gasteiger partial charge on any atom is 0.180 e. The first kappa shape index (κ1) is 13.7. The van der Waals surface area contributed by atoms with Crippen LogP contribution in [0.3, 0.4) is 0 Å². The summed E-state index contributed by atoms with van der Waals surface area (Å²) in [5, 5.41) is 0.649. The van der Waals surface area contributed by atoms with E-state index in [0.29, 0.717) is 11.2 Å². The predicted octanol–water partition coefficient (Wildman–Crippen LogP) is 1.76. The number of likely N-dealkylation sites (N-methyl/N-ethyl adjacent to an activating group) is 1. The van der Waals surface area contributed by atoms with Crippen LogP contribution in [0.5, 0.6) is 0 Å². The van der Waals surface area contributed by atoms with Gasteiger partial charge in [0.2, 0.25) is 0 Å². The normalized spacial score (nSPS) is 20.0. The Balaban J connectivity index is 0.00000128. The monoisotopic (exact) mass is 263 g/mol. The molecule has 6 heteroatoms. The van der Waals surface area contributed by atoms with Gasteiger partial charge in [-0.2, -0.15) is 0 Å². The third-order valence-electron chi connectivity index (χ3n) is 2.54. The molecule has 0 bridgehead atoms. The van der Waals surface area contributed by atoms with E-state index in [9.17, 15) is 0 Å². The first-order valence-electron chi connectivity index (χ1n) is 5.24. The second-order valence-electron chi connectivity index (χ2n) is 4.00. The van der Waals surface area contributed by atoms with Crippen molar-refractivity contribution in [2.75, 3.05) is 25.9 Å². The summed E-state index contributed by atoms with van der Waals surface area (Å²) in [5.74, 6) is 0. The summed E-state index contributed by atoms with van der Waals surface area (Å²) in [6.45, 7) is 2.83. The fourth-order valence-corrected chi connectivity index (χ4v) is 2.63. The van der Waals surface area contributed by atoms with Crippen LogP contribution < -0.4 is 5.73 Å². The molecular formula is C10H18ClN3OS. The molecule has 2 heterocycles. The minimum absolute atomic E-state index is 0. The zero-order valence-electron chi connectivity index (χ0n) is 9.39. The van der Waals surface area contributed by atoms with Crippen LogP contribution in [0.1, 0.15) is 17.7 Å². The SMILES string of the molecule is CN(Cc1cnc(N)s1)CC1CCCO1.Cl. The predicted molar refractivity (Wildman–Crippen MR) is 69.1 cm³/mol. The highest BCUT2D eigenvalue weighted by atomic mass is 35.5. The zero-order valence-corrected chi connectivity index (χ0v) is 11.0. The van der Waals surface area contributed by atoms with Gasteiger partial charge in [0.1, 0.15) is 0 Å². The number of aromatic nitrogens is 1. The lowest BCUT2D eigenvalue weighted by Crippen LogP contribution is -2.27. The van der Waals surface area contributed by atoms with Crippen molar-refractivity contribution in [3.8, 4) is 0 Å². The van der Waals surface area contributed by atoms with Gasteiger partial charge in [0, 0.05) is 30.8 Å². The number of rotatable bonds is 4.